The standard InChI is InChI=1S/C21H18FIN6O2/c22-15-4-3-14(23)7-16(15)26-17-8-18(24-9-11-1-2-11)29-20(27-17)13(10-25-29)5-12-6-19(30)28-21(12)31/h3-5,7-8,10-11,24H,1-2,6,9H2,(H,26,27)(H,28,30,31)/b12-5+. The molecule has 2 aromatic heterocycles. The molecule has 3 N–H and O–H groups in total. The maximum Gasteiger partial charge on any atom is 0.254 e. The second-order valence-electron chi connectivity index (χ2n) is 7.66. The molecule has 5 rings (SSSR count). The minimum atomic E-state index is -0.411. The number of benzene rings is 1. The molecule has 1 aliphatic heterocycles. The molecule has 8 nitrogen and oxygen atoms in total. The first-order valence-electron chi connectivity index (χ1n) is 9.86. The predicted octanol–water partition coefficient (Wildman–Crippen LogP) is 3.47. The maximum absolute atomic E-state index is 14.3. The fraction of sp³-hybridized carbons (Fsp3) is 0.238. The Morgan fingerprint density at radius 2 is 2.13 bits per heavy atom. The number of hydrogen-bond donors (Lipinski definition) is 3. The van der Waals surface area contributed by atoms with E-state index in [9.17, 15) is 14.0 Å². The molecule has 1 aromatic carbocycles. The molecule has 1 aliphatic carbocycles. The van der Waals surface area contributed by atoms with Crippen LogP contribution in [0.2, 0.25) is 0 Å². The van der Waals surface area contributed by atoms with Gasteiger partial charge < -0.3 is 10.6 Å². The minimum Gasteiger partial charge on any atom is -0.370 e. The Morgan fingerprint density at radius 1 is 1.29 bits per heavy atom. The molecular formula is C21H18FIN6O2. The molecule has 2 amide bonds. The first-order valence-corrected chi connectivity index (χ1v) is 10.9. The molecule has 31 heavy (non-hydrogen) atoms. The topological polar surface area (TPSA) is 100 Å². The number of amides is 2. The van der Waals surface area contributed by atoms with Crippen LogP contribution in [-0.2, 0) is 9.59 Å². The number of rotatable bonds is 6. The van der Waals surface area contributed by atoms with E-state index in [2.05, 4.69) is 48.6 Å². The van der Waals surface area contributed by atoms with Crippen molar-refractivity contribution in [1.82, 2.24) is 19.9 Å². The first kappa shape index (κ1) is 19.9. The highest BCUT2D eigenvalue weighted by atomic mass is 127. The largest absolute Gasteiger partial charge is 0.370 e. The minimum absolute atomic E-state index is 0.0224. The highest BCUT2D eigenvalue weighted by molar-refractivity contribution is 14.1. The van der Waals surface area contributed by atoms with Gasteiger partial charge in [0.25, 0.3) is 5.91 Å². The summed E-state index contributed by atoms with van der Waals surface area (Å²) in [6, 6.07) is 6.58. The molecule has 0 bridgehead atoms. The molecule has 10 heteroatoms. The zero-order chi connectivity index (χ0) is 21.5. The Hall–Kier alpha value is -3.02. The second kappa shape index (κ2) is 7.91. The second-order valence-corrected chi connectivity index (χ2v) is 8.90. The van der Waals surface area contributed by atoms with Crippen LogP contribution in [0.5, 0.6) is 0 Å². The van der Waals surface area contributed by atoms with Gasteiger partial charge in [0.1, 0.15) is 17.5 Å². The Kier molecular flexibility index (Phi) is 5.08. The van der Waals surface area contributed by atoms with E-state index >= 15 is 0 Å². The fourth-order valence-corrected chi connectivity index (χ4v) is 3.87. The fourth-order valence-electron chi connectivity index (χ4n) is 3.38. The number of imide groups is 1. The lowest BCUT2D eigenvalue weighted by molar-refractivity contribution is -0.124. The summed E-state index contributed by atoms with van der Waals surface area (Å²) in [5.74, 6) is 0.668. The molecule has 3 aromatic rings. The van der Waals surface area contributed by atoms with Gasteiger partial charge in [0, 0.05) is 27.3 Å². The quantitative estimate of drug-likeness (QED) is 0.256. The van der Waals surface area contributed by atoms with Crippen LogP contribution in [0.3, 0.4) is 0 Å². The van der Waals surface area contributed by atoms with Crippen LogP contribution >= 0.6 is 22.6 Å². The third-order valence-corrected chi connectivity index (χ3v) is 5.86. The number of nitrogens with one attached hydrogen (secondary N) is 3. The zero-order valence-corrected chi connectivity index (χ0v) is 18.4. The molecule has 0 atom stereocenters. The normalized spacial score (nSPS) is 17.4. The average Bonchev–Trinajstić information content (AvgIpc) is 3.40. The summed E-state index contributed by atoms with van der Waals surface area (Å²) in [5.41, 5.74) is 1.77. The van der Waals surface area contributed by atoms with Crippen LogP contribution in [0, 0.1) is 15.3 Å². The number of aromatic nitrogens is 3. The van der Waals surface area contributed by atoms with Crippen LogP contribution in [0.25, 0.3) is 11.7 Å². The lowest BCUT2D eigenvalue weighted by atomic mass is 10.1. The van der Waals surface area contributed by atoms with Crippen LogP contribution in [0.1, 0.15) is 24.8 Å². The van der Waals surface area contributed by atoms with Crippen LogP contribution in [-0.4, -0.2) is 33.0 Å². The van der Waals surface area contributed by atoms with Crippen molar-refractivity contribution in [2.75, 3.05) is 17.2 Å². The number of nitrogens with zero attached hydrogens (tertiary/aromatic N) is 3. The Labute approximate surface area is 190 Å². The van der Waals surface area contributed by atoms with Crippen LogP contribution < -0.4 is 16.0 Å². The zero-order valence-electron chi connectivity index (χ0n) is 16.3. The lowest BCUT2D eigenvalue weighted by Gasteiger charge is -2.12. The van der Waals surface area contributed by atoms with Crippen molar-refractivity contribution in [1.29, 1.82) is 0 Å². The summed E-state index contributed by atoms with van der Waals surface area (Å²) in [5, 5.41) is 13.1. The van der Waals surface area contributed by atoms with Gasteiger partial charge >= 0.3 is 0 Å². The number of carbonyl (C=O) groups is 2. The molecule has 2 aliphatic rings. The van der Waals surface area contributed by atoms with E-state index in [1.54, 1.807) is 35.0 Å². The van der Waals surface area contributed by atoms with Crippen molar-refractivity contribution in [3.63, 3.8) is 0 Å². The number of anilines is 3. The number of hydrogen-bond acceptors (Lipinski definition) is 6. The molecule has 2 fully saturated rings. The van der Waals surface area contributed by atoms with E-state index in [0.29, 0.717) is 40.0 Å². The van der Waals surface area contributed by atoms with Gasteiger partial charge in [-0.05, 0) is 65.6 Å². The Morgan fingerprint density at radius 3 is 2.87 bits per heavy atom. The van der Waals surface area contributed by atoms with E-state index in [4.69, 9.17) is 0 Å². The molecule has 0 unspecified atom stereocenters. The van der Waals surface area contributed by atoms with Gasteiger partial charge in [0.2, 0.25) is 5.91 Å². The van der Waals surface area contributed by atoms with Gasteiger partial charge in [-0.1, -0.05) is 0 Å². The highest BCUT2D eigenvalue weighted by Crippen LogP contribution is 2.30. The molecular weight excluding hydrogens is 514 g/mol. The number of halogens is 2. The van der Waals surface area contributed by atoms with Crippen molar-refractivity contribution in [2.45, 2.75) is 19.3 Å². The third-order valence-electron chi connectivity index (χ3n) is 5.18. The maximum atomic E-state index is 14.3. The smallest absolute Gasteiger partial charge is 0.254 e. The van der Waals surface area contributed by atoms with Gasteiger partial charge in [-0.3, -0.25) is 14.9 Å². The summed E-state index contributed by atoms with van der Waals surface area (Å²) in [4.78, 5) is 28.1. The molecule has 1 saturated carbocycles. The lowest BCUT2D eigenvalue weighted by Crippen LogP contribution is -2.19. The van der Waals surface area contributed by atoms with Crippen molar-refractivity contribution < 1.29 is 14.0 Å². The monoisotopic (exact) mass is 532 g/mol. The van der Waals surface area contributed by atoms with Gasteiger partial charge in [0.05, 0.1) is 18.3 Å². The highest BCUT2D eigenvalue weighted by Gasteiger charge is 2.25. The SMILES string of the molecule is O=C1C/C(=C\c2cnn3c(NCC4CC4)cc(Nc4cc(I)ccc4F)nc23)C(=O)N1. The molecule has 158 valence electrons. The van der Waals surface area contributed by atoms with Crippen molar-refractivity contribution in [2.24, 2.45) is 5.92 Å². The van der Waals surface area contributed by atoms with Gasteiger partial charge in [-0.15, -0.1) is 0 Å². The summed E-state index contributed by atoms with van der Waals surface area (Å²) in [6.45, 7) is 0.809. The van der Waals surface area contributed by atoms with Gasteiger partial charge in [-0.25, -0.2) is 9.37 Å². The molecule has 3 heterocycles. The van der Waals surface area contributed by atoms with Gasteiger partial charge in [0.15, 0.2) is 5.65 Å². The van der Waals surface area contributed by atoms with E-state index in [1.165, 1.54) is 18.9 Å². The van der Waals surface area contributed by atoms with E-state index in [1.807, 2.05) is 0 Å². The van der Waals surface area contributed by atoms with Crippen molar-refractivity contribution in [3.8, 4) is 0 Å². The van der Waals surface area contributed by atoms with E-state index in [-0.39, 0.29) is 18.1 Å². The molecule has 0 spiro atoms. The summed E-state index contributed by atoms with van der Waals surface area (Å²) < 4.78 is 16.8. The summed E-state index contributed by atoms with van der Waals surface area (Å²) >= 11 is 2.12. The average molecular weight is 532 g/mol. The predicted molar refractivity (Wildman–Crippen MR) is 122 cm³/mol. The third kappa shape index (κ3) is 4.24. The summed E-state index contributed by atoms with van der Waals surface area (Å²) in [7, 11) is 0. The number of carbonyl (C=O) groups excluding carboxylic acids is 2. The molecule has 0 radical (unpaired) electrons. The number of fused-ring (bicyclic) bond motifs is 1. The van der Waals surface area contributed by atoms with Crippen LogP contribution in [0.15, 0.2) is 36.0 Å². The van der Waals surface area contributed by atoms with E-state index in [0.717, 1.165) is 10.1 Å². The van der Waals surface area contributed by atoms with Gasteiger partial charge in [-0.2, -0.15) is 9.61 Å². The Balaban J connectivity index is 1.56. The summed E-state index contributed by atoms with van der Waals surface area (Å²) in [6.07, 6.45) is 5.63. The van der Waals surface area contributed by atoms with Crippen molar-refractivity contribution >= 4 is 63.5 Å². The van der Waals surface area contributed by atoms with E-state index < -0.39 is 5.91 Å². The van der Waals surface area contributed by atoms with Crippen molar-refractivity contribution in [3.05, 3.63) is 51.0 Å². The first-order chi connectivity index (χ1) is 15.0. The Bertz CT molecular complexity index is 1250. The van der Waals surface area contributed by atoms with Crippen LogP contribution in [0.4, 0.5) is 21.7 Å². The molecule has 1 saturated heterocycles.